The minimum absolute atomic E-state index is 0.133. The van der Waals surface area contributed by atoms with Crippen LogP contribution < -0.4 is 0 Å². The normalized spacial score (nSPS) is 11.7. The molecule has 68 valence electrons. The Bertz CT molecular complexity index is 245. The van der Waals surface area contributed by atoms with E-state index < -0.39 is 23.1 Å². The van der Waals surface area contributed by atoms with E-state index in [-0.39, 0.29) is 6.90 Å². The zero-order chi connectivity index (χ0) is 10.6. The maximum absolute atomic E-state index is 11.0. The van der Waals surface area contributed by atoms with Crippen LogP contribution in [-0.4, -0.2) is 22.6 Å². The molecule has 4 heteroatoms. The minimum atomic E-state index is -1.41. The van der Waals surface area contributed by atoms with Gasteiger partial charge in [-0.2, -0.15) is 0 Å². The first-order valence-electron chi connectivity index (χ1n) is 3.95. The van der Waals surface area contributed by atoms with Crippen molar-refractivity contribution in [3.63, 3.8) is 0 Å². The van der Waals surface area contributed by atoms with E-state index in [9.17, 15) is 9.59 Å². The minimum Gasteiger partial charge on any atom is -0.477 e. The highest BCUT2D eigenvalue weighted by Gasteiger charge is 2.22. The van der Waals surface area contributed by atoms with Crippen molar-refractivity contribution in [3.05, 3.63) is 12.2 Å². The van der Waals surface area contributed by atoms with Crippen LogP contribution in [-0.2, 0) is 14.3 Å². The molecular weight excluding hydrogens is 160 g/mol. The number of carbonyl (C=O) groups excluding carboxylic acids is 1. The van der Waals surface area contributed by atoms with Crippen molar-refractivity contribution < 1.29 is 20.8 Å². The topological polar surface area (TPSA) is 63.6 Å². The van der Waals surface area contributed by atoms with E-state index in [1.165, 1.54) is 13.8 Å². The molecule has 12 heavy (non-hydrogen) atoms. The number of rotatable bonds is 2. The standard InChI is InChI=1S/C8H12O4/c1-5(6(9)10)7(11)12-8(2,3)4/h1H2,2-4H3,(H,9,10)/i2D. The lowest BCUT2D eigenvalue weighted by Crippen LogP contribution is -2.26. The van der Waals surface area contributed by atoms with Gasteiger partial charge < -0.3 is 9.84 Å². The van der Waals surface area contributed by atoms with Gasteiger partial charge in [0.1, 0.15) is 11.2 Å². The molecule has 0 amide bonds. The first kappa shape index (κ1) is 8.77. The van der Waals surface area contributed by atoms with Crippen LogP contribution >= 0.6 is 0 Å². The summed E-state index contributed by atoms with van der Waals surface area (Å²) in [7, 11) is 0. The fourth-order valence-corrected chi connectivity index (χ4v) is 0.400. The first-order valence-corrected chi connectivity index (χ1v) is 3.25. The number of carboxylic acids is 1. The Balaban J connectivity index is 4.32. The van der Waals surface area contributed by atoms with Gasteiger partial charge in [0.15, 0.2) is 0 Å². The molecule has 0 aromatic rings. The van der Waals surface area contributed by atoms with Crippen LogP contribution in [0, 0.1) is 0 Å². The molecule has 0 spiro atoms. The average Bonchev–Trinajstić information content (AvgIpc) is 2.02. The summed E-state index contributed by atoms with van der Waals surface area (Å²) in [4.78, 5) is 21.2. The molecule has 0 atom stereocenters. The van der Waals surface area contributed by atoms with Crippen molar-refractivity contribution in [3.8, 4) is 0 Å². The Labute approximate surface area is 72.2 Å². The molecule has 1 N–H and O–H groups in total. The molecule has 0 radical (unpaired) electrons. The zero-order valence-corrected chi connectivity index (χ0v) is 7.09. The molecule has 0 fully saturated rings. The van der Waals surface area contributed by atoms with Crippen molar-refractivity contribution in [2.75, 3.05) is 0 Å². The van der Waals surface area contributed by atoms with Gasteiger partial charge in [-0.3, -0.25) is 0 Å². The van der Waals surface area contributed by atoms with Gasteiger partial charge in [0.05, 0.1) is 0 Å². The van der Waals surface area contributed by atoms with Gasteiger partial charge in [-0.25, -0.2) is 9.59 Å². The second-order valence-electron chi connectivity index (χ2n) is 2.93. The predicted octanol–water partition coefficient (Wildman–Crippen LogP) is 0.969. The summed E-state index contributed by atoms with van der Waals surface area (Å²) in [5.74, 6) is -2.41. The Morgan fingerprint density at radius 1 is 1.58 bits per heavy atom. The molecule has 0 aromatic carbocycles. The Kier molecular flexibility index (Phi) is 2.47. The van der Waals surface area contributed by atoms with Gasteiger partial charge in [-0.1, -0.05) is 6.58 Å². The SMILES string of the molecule is [2H]CC(C)(C)OC(=O)C(=C)C(=O)O. The highest BCUT2D eigenvalue weighted by atomic mass is 16.6. The molecule has 0 heterocycles. The summed E-state index contributed by atoms with van der Waals surface area (Å²) in [6.45, 7) is 5.95. The van der Waals surface area contributed by atoms with Gasteiger partial charge in [0.25, 0.3) is 0 Å². The lowest BCUT2D eigenvalue weighted by molar-refractivity contribution is -0.152. The van der Waals surface area contributed by atoms with E-state index in [0.717, 1.165) is 0 Å². The summed E-state index contributed by atoms with van der Waals surface area (Å²) in [6.07, 6.45) is 0. The lowest BCUT2D eigenvalue weighted by Gasteiger charge is -2.19. The molecular formula is C8H12O4. The van der Waals surface area contributed by atoms with Crippen LogP contribution in [0.1, 0.15) is 22.1 Å². The van der Waals surface area contributed by atoms with E-state index in [2.05, 4.69) is 6.58 Å². The molecule has 0 bridgehead atoms. The number of esters is 1. The van der Waals surface area contributed by atoms with Crippen LogP contribution in [0.5, 0.6) is 0 Å². The van der Waals surface area contributed by atoms with E-state index in [1.807, 2.05) is 0 Å². The first-order chi connectivity index (χ1) is 5.80. The maximum atomic E-state index is 11.0. The molecule has 0 saturated heterocycles. The predicted molar refractivity (Wildman–Crippen MR) is 42.6 cm³/mol. The van der Waals surface area contributed by atoms with Crippen molar-refractivity contribution >= 4 is 11.9 Å². The monoisotopic (exact) mass is 173 g/mol. The fourth-order valence-electron chi connectivity index (χ4n) is 0.400. The summed E-state index contributed by atoms with van der Waals surface area (Å²) in [5.41, 5.74) is -1.60. The smallest absolute Gasteiger partial charge is 0.345 e. The fraction of sp³-hybridized carbons (Fsp3) is 0.500. The Hall–Kier alpha value is -1.32. The maximum Gasteiger partial charge on any atom is 0.345 e. The van der Waals surface area contributed by atoms with Crippen LogP contribution in [0.15, 0.2) is 12.2 Å². The average molecular weight is 173 g/mol. The van der Waals surface area contributed by atoms with Gasteiger partial charge >= 0.3 is 11.9 Å². The lowest BCUT2D eigenvalue weighted by atomic mass is 10.2. The molecule has 0 aromatic heterocycles. The van der Waals surface area contributed by atoms with E-state index in [1.54, 1.807) is 0 Å². The Morgan fingerprint density at radius 3 is 2.42 bits per heavy atom. The van der Waals surface area contributed by atoms with Crippen LogP contribution in [0.4, 0.5) is 0 Å². The number of aliphatic carboxylic acids is 1. The van der Waals surface area contributed by atoms with Crippen LogP contribution in [0.25, 0.3) is 0 Å². The van der Waals surface area contributed by atoms with E-state index in [0.29, 0.717) is 0 Å². The van der Waals surface area contributed by atoms with Gasteiger partial charge in [-0.15, -0.1) is 0 Å². The van der Waals surface area contributed by atoms with E-state index >= 15 is 0 Å². The highest BCUT2D eigenvalue weighted by Crippen LogP contribution is 2.09. The summed E-state index contributed by atoms with van der Waals surface area (Å²) >= 11 is 0. The number of hydrogen-bond donors (Lipinski definition) is 1. The third-order valence-electron chi connectivity index (χ3n) is 0.874. The largest absolute Gasteiger partial charge is 0.477 e. The van der Waals surface area contributed by atoms with Crippen molar-refractivity contribution in [2.24, 2.45) is 0 Å². The van der Waals surface area contributed by atoms with Crippen LogP contribution in [0.3, 0.4) is 0 Å². The molecule has 0 aliphatic heterocycles. The van der Waals surface area contributed by atoms with Crippen molar-refractivity contribution in [1.29, 1.82) is 0 Å². The zero-order valence-electron chi connectivity index (χ0n) is 8.09. The third-order valence-corrected chi connectivity index (χ3v) is 0.874. The molecule has 0 rings (SSSR count). The molecule has 0 aliphatic rings. The second kappa shape index (κ2) is 3.38. The number of hydrogen-bond acceptors (Lipinski definition) is 3. The number of carboxylic acid groups (broad SMARTS) is 1. The third kappa shape index (κ3) is 3.75. The quantitative estimate of drug-likeness (QED) is 0.292. The molecule has 0 aliphatic carbocycles. The van der Waals surface area contributed by atoms with Crippen LogP contribution in [0.2, 0.25) is 0 Å². The highest BCUT2D eigenvalue weighted by molar-refractivity contribution is 6.12. The van der Waals surface area contributed by atoms with Crippen molar-refractivity contribution in [1.82, 2.24) is 0 Å². The molecule has 0 saturated carbocycles. The second-order valence-corrected chi connectivity index (χ2v) is 2.93. The Morgan fingerprint density at radius 2 is 2.08 bits per heavy atom. The van der Waals surface area contributed by atoms with Gasteiger partial charge in [0, 0.05) is 1.37 Å². The number of carbonyl (C=O) groups is 2. The molecule has 4 nitrogen and oxygen atoms in total. The summed E-state index contributed by atoms with van der Waals surface area (Å²) < 4.78 is 11.7. The van der Waals surface area contributed by atoms with E-state index in [4.69, 9.17) is 11.2 Å². The number of ether oxygens (including phenoxy) is 1. The summed E-state index contributed by atoms with van der Waals surface area (Å²) in [5, 5.41) is 8.37. The molecule has 0 unspecified atom stereocenters. The van der Waals surface area contributed by atoms with Gasteiger partial charge in [-0.05, 0) is 20.7 Å². The summed E-state index contributed by atoms with van der Waals surface area (Å²) in [6, 6.07) is 0. The van der Waals surface area contributed by atoms with Crippen molar-refractivity contribution in [2.45, 2.75) is 26.3 Å². The van der Waals surface area contributed by atoms with Gasteiger partial charge in [0.2, 0.25) is 0 Å².